The molecular weight excluding hydrogens is 523 g/mol. The van der Waals surface area contributed by atoms with Crippen LogP contribution in [0.5, 0.6) is 11.5 Å². The van der Waals surface area contributed by atoms with Crippen molar-refractivity contribution in [1.29, 1.82) is 0 Å². The summed E-state index contributed by atoms with van der Waals surface area (Å²) in [6.45, 7) is 0.0967. The van der Waals surface area contributed by atoms with Gasteiger partial charge in [-0.3, -0.25) is 19.8 Å². The number of carbonyl (C=O) groups is 3. The highest BCUT2D eigenvalue weighted by atomic mass is 35.5. The van der Waals surface area contributed by atoms with Crippen LogP contribution in [0.15, 0.2) is 66.2 Å². The van der Waals surface area contributed by atoms with Crippen molar-refractivity contribution in [3.8, 4) is 11.5 Å². The van der Waals surface area contributed by atoms with E-state index >= 15 is 0 Å². The lowest BCUT2D eigenvalue weighted by Crippen LogP contribution is -2.54. The van der Waals surface area contributed by atoms with Gasteiger partial charge in [-0.15, -0.1) is 0 Å². The van der Waals surface area contributed by atoms with E-state index in [4.69, 9.17) is 33.3 Å². The average molecular weight is 541 g/mol. The molecule has 8 nitrogen and oxygen atoms in total. The Balaban J connectivity index is 1.64. The quantitative estimate of drug-likeness (QED) is 0.256. The molecule has 0 spiro atoms. The molecule has 1 aliphatic rings. The number of carboxylic acid groups (broad SMARTS) is 1. The number of nitrogens with one attached hydrogen (secondary N) is 1. The molecule has 0 bridgehead atoms. The third kappa shape index (κ3) is 5.60. The number of amides is 2. The third-order valence-corrected chi connectivity index (χ3v) is 5.88. The standard InChI is InChI=1S/C26H18ClFN2O6S/c1-35-21-11-15(10-20(27)22(21)36-13-14-5-7-17(28)8-6-14)9-19-23(31)29-26(37)30(24(19)32)18-4-2-3-16(12-18)25(33)34/h2-12H,13H2,1H3,(H,33,34)(H,29,31,37). The summed E-state index contributed by atoms with van der Waals surface area (Å²) in [5, 5.41) is 11.7. The molecule has 0 saturated carbocycles. The van der Waals surface area contributed by atoms with Crippen LogP contribution < -0.4 is 19.7 Å². The van der Waals surface area contributed by atoms with Crippen molar-refractivity contribution in [2.75, 3.05) is 12.0 Å². The third-order valence-electron chi connectivity index (χ3n) is 5.31. The fraction of sp³-hybridized carbons (Fsp3) is 0.0769. The van der Waals surface area contributed by atoms with Crippen molar-refractivity contribution < 1.29 is 33.4 Å². The number of carbonyl (C=O) groups excluding carboxylic acids is 2. The molecule has 0 atom stereocenters. The Kier molecular flexibility index (Phi) is 7.51. The molecule has 0 aromatic heterocycles. The van der Waals surface area contributed by atoms with Crippen LogP contribution in [-0.4, -0.2) is 35.1 Å². The Hall–Kier alpha value is -4.28. The Bertz CT molecular complexity index is 1460. The van der Waals surface area contributed by atoms with Crippen molar-refractivity contribution in [1.82, 2.24) is 5.32 Å². The summed E-state index contributed by atoms with van der Waals surface area (Å²) in [7, 11) is 1.40. The van der Waals surface area contributed by atoms with Gasteiger partial charge in [-0.05, 0) is 71.9 Å². The molecule has 3 aromatic carbocycles. The number of thiocarbonyl (C=S) groups is 1. The van der Waals surface area contributed by atoms with Gasteiger partial charge in [0, 0.05) is 0 Å². The minimum Gasteiger partial charge on any atom is -0.493 e. The highest BCUT2D eigenvalue weighted by Crippen LogP contribution is 2.38. The number of anilines is 1. The molecule has 0 unspecified atom stereocenters. The van der Waals surface area contributed by atoms with E-state index in [1.54, 1.807) is 12.1 Å². The fourth-order valence-corrected chi connectivity index (χ4v) is 4.09. The van der Waals surface area contributed by atoms with E-state index in [0.717, 1.165) is 4.90 Å². The van der Waals surface area contributed by atoms with Crippen molar-refractivity contribution in [2.45, 2.75) is 6.61 Å². The molecule has 0 aliphatic carbocycles. The first kappa shape index (κ1) is 25.8. The highest BCUT2D eigenvalue weighted by molar-refractivity contribution is 7.80. The lowest BCUT2D eigenvalue weighted by atomic mass is 10.1. The van der Waals surface area contributed by atoms with Gasteiger partial charge in [0.05, 0.1) is 23.4 Å². The number of rotatable bonds is 7. The Morgan fingerprint density at radius 2 is 1.89 bits per heavy atom. The van der Waals surface area contributed by atoms with E-state index in [1.807, 2.05) is 0 Å². The molecule has 11 heteroatoms. The van der Waals surface area contributed by atoms with Crippen molar-refractivity contribution in [3.63, 3.8) is 0 Å². The van der Waals surface area contributed by atoms with Gasteiger partial charge in [-0.2, -0.15) is 0 Å². The van der Waals surface area contributed by atoms with Crippen LogP contribution in [0.25, 0.3) is 6.08 Å². The molecule has 3 aromatic rings. The SMILES string of the molecule is COc1cc(C=C2C(=O)NC(=S)N(c3cccc(C(=O)O)c3)C2=O)cc(Cl)c1OCc1ccc(F)cc1. The zero-order valence-corrected chi connectivity index (χ0v) is 20.7. The summed E-state index contributed by atoms with van der Waals surface area (Å²) in [5.74, 6) is -2.56. The lowest BCUT2D eigenvalue weighted by molar-refractivity contribution is -0.122. The number of nitrogens with zero attached hydrogens (tertiary/aromatic N) is 1. The maximum Gasteiger partial charge on any atom is 0.335 e. The molecule has 2 N–H and O–H groups in total. The molecule has 0 radical (unpaired) electrons. The van der Waals surface area contributed by atoms with E-state index in [9.17, 15) is 23.9 Å². The van der Waals surface area contributed by atoms with E-state index < -0.39 is 17.8 Å². The normalized spacial score (nSPS) is 14.5. The van der Waals surface area contributed by atoms with Gasteiger partial charge in [0.2, 0.25) is 0 Å². The molecule has 1 saturated heterocycles. The second-order valence-electron chi connectivity index (χ2n) is 7.76. The summed E-state index contributed by atoms with van der Waals surface area (Å²) in [6.07, 6.45) is 1.31. The summed E-state index contributed by atoms with van der Waals surface area (Å²) in [5.41, 5.74) is 0.941. The molecule has 1 fully saturated rings. The molecule has 4 rings (SSSR count). The molecular formula is C26H18ClFN2O6S. The first-order valence-corrected chi connectivity index (χ1v) is 11.5. The Morgan fingerprint density at radius 3 is 2.57 bits per heavy atom. The highest BCUT2D eigenvalue weighted by Gasteiger charge is 2.35. The monoisotopic (exact) mass is 540 g/mol. The average Bonchev–Trinajstić information content (AvgIpc) is 2.86. The summed E-state index contributed by atoms with van der Waals surface area (Å²) in [4.78, 5) is 38.3. The van der Waals surface area contributed by atoms with E-state index in [0.29, 0.717) is 11.1 Å². The van der Waals surface area contributed by atoms with Gasteiger partial charge in [0.25, 0.3) is 11.8 Å². The molecule has 1 heterocycles. The van der Waals surface area contributed by atoms with Crippen LogP contribution in [0.2, 0.25) is 5.02 Å². The van der Waals surface area contributed by atoms with Gasteiger partial charge in [0.15, 0.2) is 16.6 Å². The number of hydrogen-bond donors (Lipinski definition) is 2. The lowest BCUT2D eigenvalue weighted by Gasteiger charge is -2.29. The maximum atomic E-state index is 13.3. The van der Waals surface area contributed by atoms with Gasteiger partial charge >= 0.3 is 5.97 Å². The smallest absolute Gasteiger partial charge is 0.335 e. The fourth-order valence-electron chi connectivity index (χ4n) is 3.54. The zero-order valence-electron chi connectivity index (χ0n) is 19.2. The van der Waals surface area contributed by atoms with Crippen molar-refractivity contribution in [2.24, 2.45) is 0 Å². The van der Waals surface area contributed by atoms with Crippen LogP contribution in [0.1, 0.15) is 21.5 Å². The predicted octanol–water partition coefficient (Wildman–Crippen LogP) is 4.60. The zero-order chi connectivity index (χ0) is 26.7. The summed E-state index contributed by atoms with van der Waals surface area (Å²) >= 11 is 11.6. The topological polar surface area (TPSA) is 105 Å². The molecule has 2 amide bonds. The van der Waals surface area contributed by atoms with Gasteiger partial charge in [-0.25, -0.2) is 9.18 Å². The maximum absolute atomic E-state index is 13.3. The predicted molar refractivity (Wildman–Crippen MR) is 138 cm³/mol. The van der Waals surface area contributed by atoms with Gasteiger partial charge < -0.3 is 14.6 Å². The summed E-state index contributed by atoms with van der Waals surface area (Å²) < 4.78 is 24.3. The van der Waals surface area contributed by atoms with Crippen LogP contribution in [0.4, 0.5) is 10.1 Å². The van der Waals surface area contributed by atoms with E-state index in [1.165, 1.54) is 61.7 Å². The Labute approximate surface area is 220 Å². The van der Waals surface area contributed by atoms with Crippen LogP contribution in [0.3, 0.4) is 0 Å². The largest absolute Gasteiger partial charge is 0.493 e. The number of ether oxygens (including phenoxy) is 2. The van der Waals surface area contributed by atoms with Gasteiger partial charge in [0.1, 0.15) is 18.0 Å². The van der Waals surface area contributed by atoms with Crippen LogP contribution >= 0.6 is 23.8 Å². The first-order chi connectivity index (χ1) is 17.7. The number of halogens is 2. The molecule has 188 valence electrons. The minimum atomic E-state index is -1.18. The molecule has 1 aliphatic heterocycles. The number of hydrogen-bond acceptors (Lipinski definition) is 6. The number of methoxy groups -OCH3 is 1. The van der Waals surface area contributed by atoms with Gasteiger partial charge in [-0.1, -0.05) is 29.8 Å². The van der Waals surface area contributed by atoms with Crippen LogP contribution in [0, 0.1) is 5.82 Å². The summed E-state index contributed by atoms with van der Waals surface area (Å²) in [6, 6.07) is 14.4. The van der Waals surface area contributed by atoms with E-state index in [2.05, 4.69) is 5.32 Å². The second-order valence-corrected chi connectivity index (χ2v) is 8.56. The number of benzene rings is 3. The number of carboxylic acids is 1. The van der Waals surface area contributed by atoms with Crippen LogP contribution in [-0.2, 0) is 16.2 Å². The second kappa shape index (κ2) is 10.8. The minimum absolute atomic E-state index is 0.0525. The van der Waals surface area contributed by atoms with E-state index in [-0.39, 0.29) is 50.9 Å². The molecule has 37 heavy (non-hydrogen) atoms. The van der Waals surface area contributed by atoms with Crippen molar-refractivity contribution in [3.05, 3.63) is 93.8 Å². The van der Waals surface area contributed by atoms with Crippen molar-refractivity contribution >= 4 is 58.5 Å². The number of aromatic carboxylic acids is 1. The first-order valence-electron chi connectivity index (χ1n) is 10.7. The Morgan fingerprint density at radius 1 is 1.16 bits per heavy atom.